The summed E-state index contributed by atoms with van der Waals surface area (Å²) in [6, 6.07) is 5.54. The largest absolute Gasteiger partial charge is 0.339 e. The summed E-state index contributed by atoms with van der Waals surface area (Å²) < 4.78 is 12.9. The molecule has 6 heteroatoms. The van der Waals surface area contributed by atoms with Gasteiger partial charge in [-0.25, -0.2) is 4.39 Å². The third-order valence-electron chi connectivity index (χ3n) is 3.60. The Labute approximate surface area is 123 Å². The Hall–Kier alpha value is -1.95. The Morgan fingerprint density at radius 3 is 2.24 bits per heavy atom. The van der Waals surface area contributed by atoms with Gasteiger partial charge < -0.3 is 15.1 Å². The van der Waals surface area contributed by atoms with Crippen LogP contribution in [0.15, 0.2) is 24.3 Å². The molecule has 1 aliphatic rings. The van der Waals surface area contributed by atoms with Gasteiger partial charge in [0.2, 0.25) is 5.91 Å². The zero-order valence-electron chi connectivity index (χ0n) is 12.1. The van der Waals surface area contributed by atoms with E-state index in [1.54, 1.807) is 9.80 Å². The molecule has 114 valence electrons. The maximum absolute atomic E-state index is 12.9. The van der Waals surface area contributed by atoms with E-state index in [0.717, 1.165) is 0 Å². The first-order valence-corrected chi connectivity index (χ1v) is 7.09. The average Bonchev–Trinajstić information content (AvgIpc) is 2.53. The molecule has 21 heavy (non-hydrogen) atoms. The maximum atomic E-state index is 12.9. The van der Waals surface area contributed by atoms with Gasteiger partial charge in [0.15, 0.2) is 0 Å². The molecule has 0 atom stereocenters. The van der Waals surface area contributed by atoms with Crippen LogP contribution < -0.4 is 5.32 Å². The van der Waals surface area contributed by atoms with Gasteiger partial charge >= 0.3 is 0 Å². The van der Waals surface area contributed by atoms with Crippen molar-refractivity contribution < 1.29 is 14.0 Å². The van der Waals surface area contributed by atoms with E-state index in [1.807, 2.05) is 7.05 Å². The lowest BCUT2D eigenvalue weighted by Crippen LogP contribution is -2.50. The van der Waals surface area contributed by atoms with Crippen LogP contribution in [0, 0.1) is 5.82 Å². The molecule has 1 fully saturated rings. The molecule has 2 amide bonds. The highest BCUT2D eigenvalue weighted by molar-refractivity contribution is 5.94. The zero-order valence-corrected chi connectivity index (χ0v) is 12.1. The first-order valence-electron chi connectivity index (χ1n) is 7.09. The summed E-state index contributed by atoms with van der Waals surface area (Å²) in [5, 5.41) is 2.95. The predicted molar refractivity (Wildman–Crippen MR) is 77.4 cm³/mol. The van der Waals surface area contributed by atoms with Crippen molar-refractivity contribution in [2.75, 3.05) is 39.8 Å². The minimum absolute atomic E-state index is 0.109. The summed E-state index contributed by atoms with van der Waals surface area (Å²) in [4.78, 5) is 27.6. The number of carbonyl (C=O) groups is 2. The number of carbonyl (C=O) groups excluding carboxylic acids is 2. The van der Waals surface area contributed by atoms with Gasteiger partial charge in [-0.2, -0.15) is 0 Å². The lowest BCUT2D eigenvalue weighted by atomic mass is 10.1. The first kappa shape index (κ1) is 15.4. The molecule has 0 bridgehead atoms. The maximum Gasteiger partial charge on any atom is 0.253 e. The number of piperazine rings is 1. The van der Waals surface area contributed by atoms with Gasteiger partial charge in [0, 0.05) is 44.7 Å². The SMILES string of the molecule is CNCCC(=O)N1CCN(C(=O)c2ccc(F)cc2)CC1. The normalized spacial score (nSPS) is 15.1. The highest BCUT2D eigenvalue weighted by Crippen LogP contribution is 2.10. The molecule has 1 aromatic rings. The molecule has 0 aliphatic carbocycles. The second-order valence-electron chi connectivity index (χ2n) is 5.03. The number of amides is 2. The smallest absolute Gasteiger partial charge is 0.253 e. The fourth-order valence-corrected chi connectivity index (χ4v) is 2.32. The molecule has 1 aliphatic heterocycles. The predicted octanol–water partition coefficient (Wildman–Crippen LogP) is 0.720. The summed E-state index contributed by atoms with van der Waals surface area (Å²) in [6.45, 7) is 2.79. The highest BCUT2D eigenvalue weighted by Gasteiger charge is 2.24. The number of rotatable bonds is 4. The molecule has 0 aromatic heterocycles. The summed E-state index contributed by atoms with van der Waals surface area (Å²) in [5.74, 6) is -0.359. The summed E-state index contributed by atoms with van der Waals surface area (Å²) in [5.41, 5.74) is 0.478. The van der Waals surface area contributed by atoms with Crippen molar-refractivity contribution in [3.8, 4) is 0 Å². The van der Waals surface area contributed by atoms with Crippen LogP contribution >= 0.6 is 0 Å². The van der Waals surface area contributed by atoms with Crippen molar-refractivity contribution in [2.45, 2.75) is 6.42 Å². The number of benzene rings is 1. The van der Waals surface area contributed by atoms with Gasteiger partial charge in [-0.15, -0.1) is 0 Å². The topological polar surface area (TPSA) is 52.7 Å². The Morgan fingerprint density at radius 1 is 1.10 bits per heavy atom. The quantitative estimate of drug-likeness (QED) is 0.890. The molecule has 0 saturated carbocycles. The van der Waals surface area contributed by atoms with E-state index in [4.69, 9.17) is 0 Å². The third-order valence-corrected chi connectivity index (χ3v) is 3.60. The van der Waals surface area contributed by atoms with E-state index in [-0.39, 0.29) is 17.6 Å². The van der Waals surface area contributed by atoms with Gasteiger partial charge in [-0.1, -0.05) is 0 Å². The number of hydrogen-bond acceptors (Lipinski definition) is 3. The zero-order chi connectivity index (χ0) is 15.2. The minimum Gasteiger partial charge on any atom is -0.339 e. The van der Waals surface area contributed by atoms with Crippen molar-refractivity contribution in [1.29, 1.82) is 0 Å². The van der Waals surface area contributed by atoms with Crippen LogP contribution in [0.4, 0.5) is 4.39 Å². The number of hydrogen-bond donors (Lipinski definition) is 1. The van der Waals surface area contributed by atoms with Gasteiger partial charge in [0.1, 0.15) is 5.82 Å². The summed E-state index contributed by atoms with van der Waals surface area (Å²) in [6.07, 6.45) is 0.475. The molecule has 5 nitrogen and oxygen atoms in total. The van der Waals surface area contributed by atoms with Crippen molar-refractivity contribution in [3.63, 3.8) is 0 Å². The van der Waals surface area contributed by atoms with E-state index in [9.17, 15) is 14.0 Å². The average molecular weight is 293 g/mol. The van der Waals surface area contributed by atoms with E-state index in [2.05, 4.69) is 5.32 Å². The van der Waals surface area contributed by atoms with Gasteiger partial charge in [0.25, 0.3) is 5.91 Å². The molecule has 1 N–H and O–H groups in total. The molecule has 0 unspecified atom stereocenters. The van der Waals surface area contributed by atoms with Crippen molar-refractivity contribution in [2.24, 2.45) is 0 Å². The van der Waals surface area contributed by atoms with Crippen LogP contribution in [-0.4, -0.2) is 61.4 Å². The Kier molecular flexibility index (Phi) is 5.27. The Balaban J connectivity index is 1.87. The van der Waals surface area contributed by atoms with Crippen LogP contribution in [-0.2, 0) is 4.79 Å². The minimum atomic E-state index is -0.355. The molecule has 1 saturated heterocycles. The third kappa shape index (κ3) is 4.01. The van der Waals surface area contributed by atoms with E-state index < -0.39 is 0 Å². The number of halogens is 1. The highest BCUT2D eigenvalue weighted by atomic mass is 19.1. The first-order chi connectivity index (χ1) is 10.1. The van der Waals surface area contributed by atoms with Crippen molar-refractivity contribution >= 4 is 11.8 Å². The van der Waals surface area contributed by atoms with Crippen LogP contribution in [0.1, 0.15) is 16.8 Å². The molecular weight excluding hydrogens is 273 g/mol. The van der Waals surface area contributed by atoms with Gasteiger partial charge in [-0.05, 0) is 31.3 Å². The van der Waals surface area contributed by atoms with Crippen LogP contribution in [0.3, 0.4) is 0 Å². The van der Waals surface area contributed by atoms with Gasteiger partial charge in [-0.3, -0.25) is 9.59 Å². The number of nitrogens with one attached hydrogen (secondary N) is 1. The molecular formula is C15H20FN3O2. The molecule has 2 rings (SSSR count). The monoisotopic (exact) mass is 293 g/mol. The van der Waals surface area contributed by atoms with E-state index in [1.165, 1.54) is 24.3 Å². The van der Waals surface area contributed by atoms with E-state index >= 15 is 0 Å². The second kappa shape index (κ2) is 7.17. The van der Waals surface area contributed by atoms with Crippen LogP contribution in [0.25, 0.3) is 0 Å². The number of nitrogens with zero attached hydrogens (tertiary/aromatic N) is 2. The lowest BCUT2D eigenvalue weighted by Gasteiger charge is -2.35. The molecule has 1 heterocycles. The van der Waals surface area contributed by atoms with Crippen LogP contribution in [0.2, 0.25) is 0 Å². The summed E-state index contributed by atoms with van der Waals surface area (Å²) >= 11 is 0. The molecule has 0 radical (unpaired) electrons. The lowest BCUT2D eigenvalue weighted by molar-refractivity contribution is -0.132. The fourth-order valence-electron chi connectivity index (χ4n) is 2.32. The molecule has 0 spiro atoms. The van der Waals surface area contributed by atoms with Crippen molar-refractivity contribution in [1.82, 2.24) is 15.1 Å². The second-order valence-corrected chi connectivity index (χ2v) is 5.03. The standard InChI is InChI=1S/C15H20FN3O2/c1-17-7-6-14(20)18-8-10-19(11-9-18)15(21)12-2-4-13(16)5-3-12/h2-5,17H,6-11H2,1H3. The van der Waals surface area contributed by atoms with Gasteiger partial charge in [0.05, 0.1) is 0 Å². The van der Waals surface area contributed by atoms with Crippen LogP contribution in [0.5, 0.6) is 0 Å². The summed E-state index contributed by atoms with van der Waals surface area (Å²) in [7, 11) is 1.81. The Morgan fingerprint density at radius 2 is 1.67 bits per heavy atom. The van der Waals surface area contributed by atoms with E-state index in [0.29, 0.717) is 44.7 Å². The fraction of sp³-hybridized carbons (Fsp3) is 0.467. The Bertz CT molecular complexity index is 496. The molecule has 1 aromatic carbocycles. The van der Waals surface area contributed by atoms with Crippen molar-refractivity contribution in [3.05, 3.63) is 35.6 Å².